The Hall–Kier alpha value is -2.15. The number of carbonyl (C=O) groups excluding carboxylic acids is 1. The Morgan fingerprint density at radius 1 is 1.48 bits per heavy atom. The molecular formula is C13H16N5O8P. The van der Waals surface area contributed by atoms with E-state index in [9.17, 15) is 14.5 Å². The van der Waals surface area contributed by atoms with E-state index in [-0.39, 0.29) is 12.4 Å². The number of phosphoric acid groups is 1. The fourth-order valence-electron chi connectivity index (χ4n) is 2.86. The van der Waals surface area contributed by atoms with E-state index in [4.69, 9.17) is 24.0 Å². The number of esters is 1. The summed E-state index contributed by atoms with van der Waals surface area (Å²) in [4.78, 5) is 22.8. The second-order valence-electron chi connectivity index (χ2n) is 5.83. The number of phosphoric ester groups is 1. The van der Waals surface area contributed by atoms with Crippen LogP contribution in [0.5, 0.6) is 0 Å². The predicted octanol–water partition coefficient (Wildman–Crippen LogP) is -0.273. The molecule has 146 valence electrons. The number of aliphatic hydroxyl groups excluding tert-OH is 1. The van der Waals surface area contributed by atoms with E-state index in [2.05, 4.69) is 19.7 Å². The first kappa shape index (κ1) is 18.2. The number of aromatic nitrogens is 4. The van der Waals surface area contributed by atoms with Gasteiger partial charge in [0.05, 0.1) is 12.9 Å². The van der Waals surface area contributed by atoms with Crippen LogP contribution in [0.25, 0.3) is 11.2 Å². The number of rotatable bonds is 4. The van der Waals surface area contributed by atoms with Crippen LogP contribution in [0.15, 0.2) is 12.7 Å². The van der Waals surface area contributed by atoms with Crippen molar-refractivity contribution in [1.82, 2.24) is 19.5 Å². The lowest BCUT2D eigenvalue weighted by atomic mass is 10.1. The number of anilines is 1. The van der Waals surface area contributed by atoms with Crippen molar-refractivity contribution in [2.24, 2.45) is 0 Å². The Labute approximate surface area is 152 Å². The van der Waals surface area contributed by atoms with E-state index in [1.807, 2.05) is 0 Å². The zero-order valence-corrected chi connectivity index (χ0v) is 14.9. The molecule has 0 spiro atoms. The van der Waals surface area contributed by atoms with Gasteiger partial charge in [0.1, 0.15) is 30.2 Å². The summed E-state index contributed by atoms with van der Waals surface area (Å²) in [5, 5.41) is 10.6. The molecule has 0 amide bonds. The number of hydrogen-bond donors (Lipinski definition) is 2. The molecule has 2 aliphatic rings. The van der Waals surface area contributed by atoms with Gasteiger partial charge in [-0.25, -0.2) is 24.0 Å². The van der Waals surface area contributed by atoms with E-state index in [1.54, 1.807) is 0 Å². The molecule has 0 saturated carbocycles. The maximum absolute atomic E-state index is 12.5. The summed E-state index contributed by atoms with van der Waals surface area (Å²) in [5.41, 5.74) is 6.48. The van der Waals surface area contributed by atoms with Gasteiger partial charge in [-0.2, -0.15) is 0 Å². The minimum atomic E-state index is -4.02. The highest BCUT2D eigenvalue weighted by Crippen LogP contribution is 2.56. The lowest BCUT2D eigenvalue weighted by Gasteiger charge is -2.30. The molecule has 5 atom stereocenters. The summed E-state index contributed by atoms with van der Waals surface area (Å²) >= 11 is 0. The van der Waals surface area contributed by atoms with E-state index < -0.39 is 45.1 Å². The Morgan fingerprint density at radius 3 is 3.07 bits per heavy atom. The molecule has 0 aromatic carbocycles. The van der Waals surface area contributed by atoms with Crippen molar-refractivity contribution in [2.45, 2.75) is 31.5 Å². The first-order valence-corrected chi connectivity index (χ1v) is 9.31. The van der Waals surface area contributed by atoms with Gasteiger partial charge in [-0.15, -0.1) is 0 Å². The highest BCUT2D eigenvalue weighted by molar-refractivity contribution is 7.48. The SMILES string of the molecule is CC(=O)OCOP1(=O)OCC2OC(n3cnc4c(N)ncnc43)C(O)C2O1. The summed E-state index contributed by atoms with van der Waals surface area (Å²) in [6, 6.07) is 0. The molecule has 2 aromatic rings. The van der Waals surface area contributed by atoms with Crippen molar-refractivity contribution < 1.29 is 37.5 Å². The molecule has 4 rings (SSSR count). The summed E-state index contributed by atoms with van der Waals surface area (Å²) in [6.07, 6.45) is -1.19. The maximum atomic E-state index is 12.5. The van der Waals surface area contributed by atoms with Crippen LogP contribution in [-0.2, 0) is 32.4 Å². The minimum Gasteiger partial charge on any atom is -0.438 e. The summed E-state index contributed by atoms with van der Waals surface area (Å²) in [6.45, 7) is 0.412. The number of imidazole rings is 1. The molecule has 0 radical (unpaired) electrons. The smallest absolute Gasteiger partial charge is 0.438 e. The molecule has 0 aliphatic carbocycles. The Morgan fingerprint density at radius 2 is 2.30 bits per heavy atom. The van der Waals surface area contributed by atoms with Crippen LogP contribution in [0.3, 0.4) is 0 Å². The van der Waals surface area contributed by atoms with Crippen molar-refractivity contribution >= 4 is 30.8 Å². The summed E-state index contributed by atoms with van der Waals surface area (Å²) < 4.78 is 39.6. The van der Waals surface area contributed by atoms with Crippen LogP contribution in [-0.4, -0.2) is 62.3 Å². The molecule has 3 N–H and O–H groups in total. The van der Waals surface area contributed by atoms with E-state index in [1.165, 1.54) is 24.1 Å². The van der Waals surface area contributed by atoms with Gasteiger partial charge in [-0.1, -0.05) is 0 Å². The number of aliphatic hydroxyl groups is 1. The number of nitrogens with two attached hydrogens (primary N) is 1. The van der Waals surface area contributed by atoms with Crippen molar-refractivity contribution in [3.63, 3.8) is 0 Å². The third-order valence-electron chi connectivity index (χ3n) is 4.09. The van der Waals surface area contributed by atoms with Crippen LogP contribution >= 0.6 is 7.82 Å². The monoisotopic (exact) mass is 401 g/mol. The average molecular weight is 401 g/mol. The fraction of sp³-hybridized carbons (Fsp3) is 0.538. The maximum Gasteiger partial charge on any atom is 0.478 e. The second kappa shape index (κ2) is 6.78. The van der Waals surface area contributed by atoms with Gasteiger partial charge in [-0.3, -0.25) is 18.4 Å². The normalized spacial score (nSPS) is 33.1. The molecule has 27 heavy (non-hydrogen) atoms. The predicted molar refractivity (Wildman–Crippen MR) is 85.8 cm³/mol. The highest BCUT2D eigenvalue weighted by atomic mass is 31.2. The summed E-state index contributed by atoms with van der Waals surface area (Å²) in [5.74, 6) is -0.430. The van der Waals surface area contributed by atoms with Gasteiger partial charge in [0.25, 0.3) is 0 Å². The van der Waals surface area contributed by atoms with Crippen LogP contribution < -0.4 is 5.73 Å². The number of fused-ring (bicyclic) bond motifs is 2. The molecule has 2 fully saturated rings. The lowest BCUT2D eigenvalue weighted by molar-refractivity contribution is -0.150. The third-order valence-corrected chi connectivity index (χ3v) is 5.48. The van der Waals surface area contributed by atoms with Crippen molar-refractivity contribution in [3.8, 4) is 0 Å². The number of nitrogens with zero attached hydrogens (tertiary/aromatic N) is 4. The molecule has 2 saturated heterocycles. The topological polar surface area (TPSA) is 170 Å². The molecular weight excluding hydrogens is 385 g/mol. The Balaban J connectivity index is 1.52. The zero-order valence-electron chi connectivity index (χ0n) is 14.0. The van der Waals surface area contributed by atoms with E-state index in [0.717, 1.165) is 0 Å². The number of ether oxygens (including phenoxy) is 2. The van der Waals surface area contributed by atoms with Gasteiger partial charge in [-0.05, 0) is 0 Å². The molecule has 13 nitrogen and oxygen atoms in total. The lowest BCUT2D eigenvalue weighted by Crippen LogP contribution is -2.39. The van der Waals surface area contributed by atoms with Gasteiger partial charge in [0.15, 0.2) is 17.7 Å². The molecule has 2 aromatic heterocycles. The largest absolute Gasteiger partial charge is 0.478 e. The second-order valence-corrected chi connectivity index (χ2v) is 7.46. The van der Waals surface area contributed by atoms with Crippen molar-refractivity contribution in [3.05, 3.63) is 12.7 Å². The zero-order chi connectivity index (χ0) is 19.2. The third kappa shape index (κ3) is 3.29. The highest BCUT2D eigenvalue weighted by Gasteiger charge is 2.53. The van der Waals surface area contributed by atoms with Crippen LogP contribution in [0.1, 0.15) is 13.2 Å². The standard InChI is InChI=1S/C13H16N5O8P/c1-6(19)22-5-24-27(21)23-2-7-10(26-27)9(20)13(25-7)18-4-17-8-11(14)15-3-16-12(8)18/h3-4,7,9-10,13,20H,2,5H2,1H3,(H2,14,15,16). The van der Waals surface area contributed by atoms with Crippen molar-refractivity contribution in [1.29, 1.82) is 0 Å². The van der Waals surface area contributed by atoms with Crippen molar-refractivity contribution in [2.75, 3.05) is 19.1 Å². The van der Waals surface area contributed by atoms with E-state index in [0.29, 0.717) is 11.2 Å². The minimum absolute atomic E-state index is 0.153. The Kier molecular flexibility index (Phi) is 4.58. The molecule has 4 heterocycles. The summed E-state index contributed by atoms with van der Waals surface area (Å²) in [7, 11) is -4.02. The van der Waals surface area contributed by atoms with Gasteiger partial charge >= 0.3 is 13.8 Å². The van der Waals surface area contributed by atoms with Gasteiger partial charge < -0.3 is 20.3 Å². The first-order valence-electron chi connectivity index (χ1n) is 7.85. The first-order chi connectivity index (χ1) is 12.9. The Bertz CT molecular complexity index is 921. The fourth-order valence-corrected chi connectivity index (χ4v) is 4.12. The number of carbonyl (C=O) groups is 1. The van der Waals surface area contributed by atoms with Gasteiger partial charge in [0, 0.05) is 6.92 Å². The molecule has 14 heteroatoms. The number of nitrogen functional groups attached to an aromatic ring is 1. The molecule has 2 aliphatic heterocycles. The molecule has 0 bridgehead atoms. The van der Waals surface area contributed by atoms with E-state index >= 15 is 0 Å². The average Bonchev–Trinajstić information content (AvgIpc) is 3.17. The van der Waals surface area contributed by atoms with Gasteiger partial charge in [0.2, 0.25) is 6.79 Å². The van der Waals surface area contributed by atoms with Crippen LogP contribution in [0.4, 0.5) is 5.82 Å². The van der Waals surface area contributed by atoms with Crippen LogP contribution in [0.2, 0.25) is 0 Å². The quantitative estimate of drug-likeness (QED) is 0.391. The number of hydrogen-bond acceptors (Lipinski definition) is 12. The van der Waals surface area contributed by atoms with Crippen LogP contribution in [0, 0.1) is 0 Å². The molecule has 5 unspecified atom stereocenters.